The maximum Gasteiger partial charge on any atom is 0.140 e. The number of aliphatic hydroxyl groups is 1. The number of nitrogens with one attached hydrogen (secondary N) is 1. The van der Waals surface area contributed by atoms with Crippen LogP contribution in [0, 0.1) is 11.6 Å². The molecule has 5 heteroatoms. The minimum Gasteiger partial charge on any atom is -0.396 e. The first kappa shape index (κ1) is 14.4. The van der Waals surface area contributed by atoms with Crippen molar-refractivity contribution in [3.63, 3.8) is 0 Å². The molecule has 0 bridgehead atoms. The van der Waals surface area contributed by atoms with Crippen LogP contribution in [0.25, 0.3) is 0 Å². The average Bonchev–Trinajstić information content (AvgIpc) is 2.28. The average molecular weight is 261 g/mol. The molecule has 2 nitrogen and oxygen atoms in total. The lowest BCUT2D eigenvalue weighted by molar-refractivity contribution is 0.322. The fraction of sp³-hybridized carbons (Fsp3) is 0.500. The lowest BCUT2D eigenvalue weighted by Gasteiger charge is -2.08. The molecule has 1 aromatic carbocycles. The van der Waals surface area contributed by atoms with Gasteiger partial charge in [0.15, 0.2) is 0 Å². The molecule has 0 aliphatic heterocycles. The van der Waals surface area contributed by atoms with Crippen LogP contribution in [-0.4, -0.2) is 24.0 Å². The van der Waals surface area contributed by atoms with Crippen LogP contribution in [0.4, 0.5) is 8.78 Å². The van der Waals surface area contributed by atoms with Crippen LogP contribution in [0.1, 0.15) is 18.9 Å². The Morgan fingerprint density at radius 1 is 1.29 bits per heavy atom. The van der Waals surface area contributed by atoms with E-state index < -0.39 is 11.6 Å². The highest BCUT2D eigenvalue weighted by atomic mass is 32.2. The van der Waals surface area contributed by atoms with Gasteiger partial charge in [0.25, 0.3) is 0 Å². The minimum atomic E-state index is -0.559. The van der Waals surface area contributed by atoms with Crippen LogP contribution >= 0.6 is 11.8 Å². The van der Waals surface area contributed by atoms with Crippen molar-refractivity contribution < 1.29 is 13.9 Å². The van der Waals surface area contributed by atoms with Crippen molar-refractivity contribution >= 4 is 11.8 Å². The zero-order valence-electron chi connectivity index (χ0n) is 9.80. The highest BCUT2D eigenvalue weighted by Crippen LogP contribution is 2.26. The number of benzene rings is 1. The molecular weight excluding hydrogens is 244 g/mol. The van der Waals surface area contributed by atoms with E-state index in [-0.39, 0.29) is 11.5 Å². The Balaban J connectivity index is 2.71. The summed E-state index contributed by atoms with van der Waals surface area (Å²) in [6, 6.07) is 2.68. The van der Waals surface area contributed by atoms with Crippen molar-refractivity contribution in [3.8, 4) is 0 Å². The summed E-state index contributed by atoms with van der Waals surface area (Å²) in [5, 5.41) is 11.7. The number of hydrogen-bond donors (Lipinski definition) is 2. The first-order chi connectivity index (χ1) is 8.19. The normalized spacial score (nSPS) is 10.8. The second-order valence-electron chi connectivity index (χ2n) is 3.64. The van der Waals surface area contributed by atoms with Gasteiger partial charge in [-0.05, 0) is 30.7 Å². The van der Waals surface area contributed by atoms with Crippen molar-refractivity contribution in [2.24, 2.45) is 0 Å². The maximum atomic E-state index is 13.6. The third-order valence-corrected chi connectivity index (χ3v) is 3.22. The van der Waals surface area contributed by atoms with Crippen molar-refractivity contribution in [3.05, 3.63) is 29.3 Å². The summed E-state index contributed by atoms with van der Waals surface area (Å²) in [7, 11) is 0. The van der Waals surface area contributed by atoms with E-state index in [1.807, 2.05) is 6.92 Å². The summed E-state index contributed by atoms with van der Waals surface area (Å²) >= 11 is 0.990. The Morgan fingerprint density at radius 3 is 2.47 bits per heavy atom. The van der Waals surface area contributed by atoms with Gasteiger partial charge in [-0.25, -0.2) is 8.78 Å². The summed E-state index contributed by atoms with van der Waals surface area (Å²) in [6.07, 6.45) is 0.982. The number of halogens is 2. The van der Waals surface area contributed by atoms with Gasteiger partial charge < -0.3 is 10.4 Å². The highest BCUT2D eigenvalue weighted by molar-refractivity contribution is 7.99. The fourth-order valence-electron chi connectivity index (χ4n) is 1.41. The fourth-order valence-corrected chi connectivity index (χ4v) is 2.10. The van der Waals surface area contributed by atoms with Gasteiger partial charge >= 0.3 is 0 Å². The Labute approximate surface area is 104 Å². The molecule has 17 heavy (non-hydrogen) atoms. The first-order valence-corrected chi connectivity index (χ1v) is 6.60. The van der Waals surface area contributed by atoms with Crippen LogP contribution in [0.2, 0.25) is 0 Å². The second-order valence-corrected chi connectivity index (χ2v) is 4.74. The predicted molar refractivity (Wildman–Crippen MR) is 66.2 cm³/mol. The monoisotopic (exact) mass is 261 g/mol. The van der Waals surface area contributed by atoms with Gasteiger partial charge in [0.2, 0.25) is 0 Å². The minimum absolute atomic E-state index is 0.0155. The molecule has 96 valence electrons. The quantitative estimate of drug-likeness (QED) is 0.584. The zero-order valence-corrected chi connectivity index (χ0v) is 10.6. The number of aliphatic hydroxyl groups excluding tert-OH is 1. The van der Waals surface area contributed by atoms with E-state index in [4.69, 9.17) is 5.11 Å². The SMILES string of the molecule is CCCNCc1cc(F)c(SCCO)c(F)c1. The number of thioether (sulfide) groups is 1. The maximum absolute atomic E-state index is 13.6. The molecule has 1 rings (SSSR count). The smallest absolute Gasteiger partial charge is 0.140 e. The van der Waals surface area contributed by atoms with Gasteiger partial charge in [0.1, 0.15) is 11.6 Å². The molecule has 0 saturated heterocycles. The van der Waals surface area contributed by atoms with Gasteiger partial charge in [0, 0.05) is 12.3 Å². The van der Waals surface area contributed by atoms with E-state index in [1.165, 1.54) is 12.1 Å². The van der Waals surface area contributed by atoms with E-state index >= 15 is 0 Å². The zero-order chi connectivity index (χ0) is 12.7. The lowest BCUT2D eigenvalue weighted by Crippen LogP contribution is -2.14. The van der Waals surface area contributed by atoms with E-state index in [0.29, 0.717) is 17.9 Å². The van der Waals surface area contributed by atoms with Crippen LogP contribution in [0.3, 0.4) is 0 Å². The molecule has 0 saturated carbocycles. The van der Waals surface area contributed by atoms with Crippen molar-refractivity contribution in [2.75, 3.05) is 18.9 Å². The number of rotatable bonds is 7. The molecular formula is C12H17F2NOS. The molecule has 0 spiro atoms. The van der Waals surface area contributed by atoms with Gasteiger partial charge in [-0.2, -0.15) is 0 Å². The second kappa shape index (κ2) is 7.63. The molecule has 0 heterocycles. The van der Waals surface area contributed by atoms with Gasteiger partial charge in [0.05, 0.1) is 11.5 Å². The summed E-state index contributed by atoms with van der Waals surface area (Å²) in [6.45, 7) is 3.23. The van der Waals surface area contributed by atoms with E-state index in [9.17, 15) is 8.78 Å². The molecule has 0 atom stereocenters. The standard InChI is InChI=1S/C12H17F2NOS/c1-2-3-15-8-9-6-10(13)12(11(14)7-9)17-5-4-16/h6-7,15-16H,2-5,8H2,1H3. The molecule has 0 aliphatic rings. The summed E-state index contributed by atoms with van der Waals surface area (Å²) < 4.78 is 27.1. The molecule has 0 aliphatic carbocycles. The molecule has 0 radical (unpaired) electrons. The summed E-state index contributed by atoms with van der Waals surface area (Å²) in [4.78, 5) is -0.0155. The molecule has 0 fully saturated rings. The Morgan fingerprint density at radius 2 is 1.94 bits per heavy atom. The summed E-state index contributed by atoms with van der Waals surface area (Å²) in [5.41, 5.74) is 0.599. The Bertz CT molecular complexity index is 337. The highest BCUT2D eigenvalue weighted by Gasteiger charge is 2.11. The third-order valence-electron chi connectivity index (χ3n) is 2.15. The molecule has 0 aromatic heterocycles. The van der Waals surface area contributed by atoms with E-state index in [2.05, 4.69) is 5.32 Å². The van der Waals surface area contributed by atoms with Crippen LogP contribution in [0.5, 0.6) is 0 Å². The third kappa shape index (κ3) is 4.61. The lowest BCUT2D eigenvalue weighted by atomic mass is 10.2. The Hall–Kier alpha value is -0.650. The van der Waals surface area contributed by atoms with Crippen molar-refractivity contribution in [1.29, 1.82) is 0 Å². The summed E-state index contributed by atoms with van der Waals surface area (Å²) in [5.74, 6) is -0.824. The van der Waals surface area contributed by atoms with Crippen LogP contribution < -0.4 is 5.32 Å². The van der Waals surface area contributed by atoms with Gasteiger partial charge in [-0.3, -0.25) is 0 Å². The Kier molecular flexibility index (Phi) is 6.47. The van der Waals surface area contributed by atoms with Crippen LogP contribution in [0.15, 0.2) is 17.0 Å². The molecule has 0 amide bonds. The van der Waals surface area contributed by atoms with Crippen LogP contribution in [-0.2, 0) is 6.54 Å². The van der Waals surface area contributed by atoms with Crippen molar-refractivity contribution in [1.82, 2.24) is 5.32 Å². The predicted octanol–water partition coefficient (Wildman–Crippen LogP) is 2.55. The topological polar surface area (TPSA) is 32.3 Å². The van der Waals surface area contributed by atoms with Gasteiger partial charge in [-0.1, -0.05) is 6.92 Å². The van der Waals surface area contributed by atoms with E-state index in [0.717, 1.165) is 24.7 Å². The van der Waals surface area contributed by atoms with Gasteiger partial charge in [-0.15, -0.1) is 11.8 Å². The molecule has 1 aromatic rings. The van der Waals surface area contributed by atoms with Crippen molar-refractivity contribution in [2.45, 2.75) is 24.8 Å². The number of hydrogen-bond acceptors (Lipinski definition) is 3. The molecule has 2 N–H and O–H groups in total. The largest absolute Gasteiger partial charge is 0.396 e. The first-order valence-electron chi connectivity index (χ1n) is 5.61. The molecule has 0 unspecified atom stereocenters. The van der Waals surface area contributed by atoms with E-state index in [1.54, 1.807) is 0 Å².